The smallest absolute Gasteiger partial charge is 0.191 e. The molecule has 1 aliphatic heterocycles. The molecule has 2 heterocycles. The summed E-state index contributed by atoms with van der Waals surface area (Å²) in [6.45, 7) is 12.9. The predicted octanol–water partition coefficient (Wildman–Crippen LogP) is 3.54. The van der Waals surface area contributed by atoms with Gasteiger partial charge in [0.25, 0.3) is 0 Å². The van der Waals surface area contributed by atoms with Crippen molar-refractivity contribution in [2.45, 2.75) is 33.4 Å². The Morgan fingerprint density at radius 2 is 2.24 bits per heavy atom. The quantitative estimate of drug-likeness (QED) is 0.313. The van der Waals surface area contributed by atoms with E-state index in [0.717, 1.165) is 49.1 Å². The monoisotopic (exact) mass is 544 g/mol. The molecule has 1 unspecified atom stereocenters. The number of aliphatic imine (C=N–C) groups is 1. The Bertz CT molecular complexity index is 527. The number of hydrogen-bond acceptors (Lipinski definition) is 4. The van der Waals surface area contributed by atoms with Crippen LogP contribution >= 0.6 is 51.2 Å². The van der Waals surface area contributed by atoms with Gasteiger partial charge in [-0.15, -0.1) is 35.3 Å². The van der Waals surface area contributed by atoms with Gasteiger partial charge in [-0.25, -0.2) is 4.99 Å². The lowest BCUT2D eigenvalue weighted by Gasteiger charge is -2.34. The van der Waals surface area contributed by atoms with Gasteiger partial charge in [0.2, 0.25) is 0 Å². The fourth-order valence-electron chi connectivity index (χ4n) is 2.73. The Morgan fingerprint density at radius 3 is 2.88 bits per heavy atom. The molecule has 1 fully saturated rings. The van der Waals surface area contributed by atoms with E-state index >= 15 is 0 Å². The fraction of sp³-hybridized carbons (Fsp3) is 0.706. The van der Waals surface area contributed by atoms with Crippen molar-refractivity contribution in [1.82, 2.24) is 15.5 Å². The molecule has 1 saturated heterocycles. The summed E-state index contributed by atoms with van der Waals surface area (Å²) in [6, 6.07) is 4.17. The van der Waals surface area contributed by atoms with Crippen LogP contribution in [0.4, 0.5) is 0 Å². The maximum Gasteiger partial charge on any atom is 0.191 e. The van der Waals surface area contributed by atoms with Crippen LogP contribution in [-0.4, -0.2) is 56.3 Å². The van der Waals surface area contributed by atoms with Gasteiger partial charge in [0.1, 0.15) is 0 Å². The first-order chi connectivity index (χ1) is 11.6. The predicted molar refractivity (Wildman–Crippen MR) is 121 cm³/mol. The molecule has 1 aliphatic rings. The number of ether oxygens (including phenoxy) is 1. The van der Waals surface area contributed by atoms with E-state index < -0.39 is 0 Å². The molecule has 8 heteroatoms. The highest BCUT2D eigenvalue weighted by molar-refractivity contribution is 14.0. The van der Waals surface area contributed by atoms with Crippen molar-refractivity contribution in [2.24, 2.45) is 10.9 Å². The lowest BCUT2D eigenvalue weighted by atomic mass is 10.2. The number of morpholine rings is 1. The Morgan fingerprint density at radius 1 is 1.44 bits per heavy atom. The van der Waals surface area contributed by atoms with Crippen LogP contribution in [0, 0.1) is 5.92 Å². The molecular weight excluding hydrogens is 515 g/mol. The Hall–Kier alpha value is 0.1000. The van der Waals surface area contributed by atoms with Gasteiger partial charge < -0.3 is 15.4 Å². The van der Waals surface area contributed by atoms with Gasteiger partial charge in [0.05, 0.1) is 23.0 Å². The fourth-order valence-corrected chi connectivity index (χ4v) is 4.14. The maximum atomic E-state index is 5.89. The molecule has 1 aromatic rings. The van der Waals surface area contributed by atoms with E-state index in [1.165, 1.54) is 4.88 Å². The van der Waals surface area contributed by atoms with Gasteiger partial charge >= 0.3 is 0 Å². The minimum atomic E-state index is 0. The van der Waals surface area contributed by atoms with Crippen LogP contribution in [0.2, 0.25) is 0 Å². The molecule has 2 rings (SSSR count). The van der Waals surface area contributed by atoms with Crippen LogP contribution in [-0.2, 0) is 11.3 Å². The Kier molecular flexibility index (Phi) is 11.6. The number of thiophene rings is 1. The van der Waals surface area contributed by atoms with E-state index in [0.29, 0.717) is 12.5 Å². The van der Waals surface area contributed by atoms with Crippen molar-refractivity contribution in [1.29, 1.82) is 0 Å². The van der Waals surface area contributed by atoms with Crippen molar-refractivity contribution < 1.29 is 4.74 Å². The highest BCUT2D eigenvalue weighted by Crippen LogP contribution is 2.22. The van der Waals surface area contributed by atoms with Crippen LogP contribution in [0.1, 0.15) is 25.6 Å². The summed E-state index contributed by atoms with van der Waals surface area (Å²) in [5.74, 6) is 1.55. The second kappa shape index (κ2) is 12.5. The second-order valence-corrected chi connectivity index (χ2v) is 8.98. The topological polar surface area (TPSA) is 48.9 Å². The minimum Gasteiger partial charge on any atom is -0.374 e. The first-order valence-electron chi connectivity index (χ1n) is 8.67. The molecule has 1 atom stereocenters. The third kappa shape index (κ3) is 9.03. The second-order valence-electron chi connectivity index (χ2n) is 6.43. The molecule has 0 spiro atoms. The van der Waals surface area contributed by atoms with Crippen LogP contribution in [0.25, 0.3) is 0 Å². The minimum absolute atomic E-state index is 0. The average molecular weight is 545 g/mol. The van der Waals surface area contributed by atoms with E-state index in [1.54, 1.807) is 11.3 Å². The molecule has 1 aromatic heterocycles. The molecule has 0 aromatic carbocycles. The number of guanidine groups is 1. The zero-order valence-electron chi connectivity index (χ0n) is 15.3. The summed E-state index contributed by atoms with van der Waals surface area (Å²) in [5, 5.41) is 6.73. The zero-order chi connectivity index (χ0) is 17.4. The normalized spacial score (nSPS) is 18.9. The number of nitrogens with zero attached hydrogens (tertiary/aromatic N) is 2. The SMILES string of the molecule is CCNC(=NCc1ccc(Br)s1)NCC1CN(CC(C)C)CCO1.I. The first-order valence-corrected chi connectivity index (χ1v) is 10.3. The summed E-state index contributed by atoms with van der Waals surface area (Å²) in [5.41, 5.74) is 0. The van der Waals surface area contributed by atoms with E-state index in [4.69, 9.17) is 4.74 Å². The van der Waals surface area contributed by atoms with Gasteiger partial charge in [-0.3, -0.25) is 4.90 Å². The van der Waals surface area contributed by atoms with Gasteiger partial charge in [-0.2, -0.15) is 0 Å². The highest BCUT2D eigenvalue weighted by Gasteiger charge is 2.21. The maximum absolute atomic E-state index is 5.89. The van der Waals surface area contributed by atoms with E-state index in [2.05, 4.69) is 69.4 Å². The molecule has 5 nitrogen and oxygen atoms in total. The van der Waals surface area contributed by atoms with Crippen molar-refractivity contribution >= 4 is 57.2 Å². The molecule has 0 aliphatic carbocycles. The first kappa shape index (κ1) is 23.1. The standard InChI is InChI=1S/C17H29BrN4OS.HI/c1-4-19-17(21-10-15-5-6-16(18)24-15)20-9-14-12-22(7-8-23-14)11-13(2)3;/h5-6,13-14H,4,7-12H2,1-3H3,(H2,19,20,21);1H. The van der Waals surface area contributed by atoms with Gasteiger partial charge in [-0.1, -0.05) is 13.8 Å². The van der Waals surface area contributed by atoms with Crippen molar-refractivity contribution in [3.63, 3.8) is 0 Å². The number of nitrogens with one attached hydrogen (secondary N) is 2. The number of rotatable bonds is 7. The van der Waals surface area contributed by atoms with Crippen LogP contribution in [0.3, 0.4) is 0 Å². The molecule has 144 valence electrons. The van der Waals surface area contributed by atoms with Crippen LogP contribution in [0.5, 0.6) is 0 Å². The van der Waals surface area contributed by atoms with Crippen molar-refractivity contribution in [3.05, 3.63) is 20.8 Å². The van der Waals surface area contributed by atoms with Gasteiger partial charge in [0, 0.05) is 37.6 Å². The van der Waals surface area contributed by atoms with Gasteiger partial charge in [0.15, 0.2) is 5.96 Å². The highest BCUT2D eigenvalue weighted by atomic mass is 127. The van der Waals surface area contributed by atoms with Crippen LogP contribution in [0.15, 0.2) is 20.9 Å². The molecule has 0 amide bonds. The molecule has 0 radical (unpaired) electrons. The average Bonchev–Trinajstić information content (AvgIpc) is 2.95. The third-order valence-electron chi connectivity index (χ3n) is 3.71. The van der Waals surface area contributed by atoms with E-state index in [9.17, 15) is 0 Å². The molecule has 0 saturated carbocycles. The summed E-state index contributed by atoms with van der Waals surface area (Å²) >= 11 is 5.22. The largest absolute Gasteiger partial charge is 0.374 e. The molecule has 2 N–H and O–H groups in total. The summed E-state index contributed by atoms with van der Waals surface area (Å²) in [4.78, 5) is 8.40. The lowest BCUT2D eigenvalue weighted by molar-refractivity contribution is -0.0284. The Balaban J connectivity index is 0.00000312. The zero-order valence-corrected chi connectivity index (χ0v) is 20.0. The van der Waals surface area contributed by atoms with Gasteiger partial charge in [-0.05, 0) is 40.9 Å². The number of hydrogen-bond donors (Lipinski definition) is 2. The third-order valence-corrected chi connectivity index (χ3v) is 5.32. The number of halogens is 2. The summed E-state index contributed by atoms with van der Waals surface area (Å²) < 4.78 is 7.04. The Labute approximate surface area is 181 Å². The van der Waals surface area contributed by atoms with Crippen LogP contribution < -0.4 is 10.6 Å². The molecule has 0 bridgehead atoms. The summed E-state index contributed by atoms with van der Waals surface area (Å²) in [7, 11) is 0. The molecule has 25 heavy (non-hydrogen) atoms. The summed E-state index contributed by atoms with van der Waals surface area (Å²) in [6.07, 6.45) is 0.220. The lowest BCUT2D eigenvalue weighted by Crippen LogP contribution is -2.50. The van der Waals surface area contributed by atoms with E-state index in [1.807, 2.05) is 0 Å². The van der Waals surface area contributed by atoms with Crippen molar-refractivity contribution in [3.8, 4) is 0 Å². The van der Waals surface area contributed by atoms with Crippen molar-refractivity contribution in [2.75, 3.05) is 39.3 Å². The molecular formula is C17H30BrIN4OS. The van der Waals surface area contributed by atoms with E-state index in [-0.39, 0.29) is 30.1 Å².